The zero-order valence-electron chi connectivity index (χ0n) is 8.29. The van der Waals surface area contributed by atoms with Crippen molar-refractivity contribution in [3.8, 4) is 0 Å². The standard InChI is InChI=1S/C11H21O/c1-9(2)3-4-10-5-7-11(12)8-6-10/h5,9-12H,3-4,6-8H2,1-2H3. The molecule has 1 radical (unpaired) electrons. The molecule has 1 saturated carbocycles. The summed E-state index contributed by atoms with van der Waals surface area (Å²) in [6.45, 7) is 4.55. The third-order valence-electron chi connectivity index (χ3n) is 2.73. The summed E-state index contributed by atoms with van der Waals surface area (Å²) in [5.41, 5.74) is 0. The molecular weight excluding hydrogens is 148 g/mol. The van der Waals surface area contributed by atoms with Gasteiger partial charge in [0.05, 0.1) is 6.10 Å². The summed E-state index contributed by atoms with van der Waals surface area (Å²) in [4.78, 5) is 0. The van der Waals surface area contributed by atoms with Crippen LogP contribution in [0, 0.1) is 18.3 Å². The first-order valence-corrected chi connectivity index (χ1v) is 5.20. The Balaban J connectivity index is 2.09. The fourth-order valence-corrected chi connectivity index (χ4v) is 1.80. The molecule has 1 nitrogen and oxygen atoms in total. The van der Waals surface area contributed by atoms with E-state index >= 15 is 0 Å². The Kier molecular flexibility index (Phi) is 4.07. The topological polar surface area (TPSA) is 20.2 Å². The van der Waals surface area contributed by atoms with E-state index in [1.807, 2.05) is 0 Å². The smallest absolute Gasteiger partial charge is 0.0543 e. The molecule has 1 aliphatic carbocycles. The lowest BCUT2D eigenvalue weighted by Crippen LogP contribution is -2.19. The van der Waals surface area contributed by atoms with Gasteiger partial charge in [-0.25, -0.2) is 0 Å². The van der Waals surface area contributed by atoms with Crippen LogP contribution in [0.3, 0.4) is 0 Å². The molecule has 12 heavy (non-hydrogen) atoms. The van der Waals surface area contributed by atoms with Gasteiger partial charge < -0.3 is 5.11 Å². The highest BCUT2D eigenvalue weighted by Crippen LogP contribution is 2.27. The lowest BCUT2D eigenvalue weighted by Gasteiger charge is -2.25. The van der Waals surface area contributed by atoms with Crippen molar-refractivity contribution in [3.63, 3.8) is 0 Å². The van der Waals surface area contributed by atoms with E-state index in [0.29, 0.717) is 0 Å². The molecule has 0 aliphatic heterocycles. The van der Waals surface area contributed by atoms with Gasteiger partial charge in [-0.3, -0.25) is 0 Å². The van der Waals surface area contributed by atoms with E-state index in [2.05, 4.69) is 20.3 Å². The van der Waals surface area contributed by atoms with Gasteiger partial charge in [-0.2, -0.15) is 0 Å². The van der Waals surface area contributed by atoms with Crippen LogP contribution in [0.1, 0.15) is 46.0 Å². The van der Waals surface area contributed by atoms with Crippen molar-refractivity contribution in [2.45, 2.75) is 52.1 Å². The Bertz CT molecular complexity index is 112. The summed E-state index contributed by atoms with van der Waals surface area (Å²) in [5, 5.41) is 9.27. The normalized spacial score (nSPS) is 31.0. The van der Waals surface area contributed by atoms with Gasteiger partial charge in [-0.1, -0.05) is 20.3 Å². The van der Waals surface area contributed by atoms with Crippen LogP contribution in [0.2, 0.25) is 0 Å². The Morgan fingerprint density at radius 3 is 2.67 bits per heavy atom. The van der Waals surface area contributed by atoms with Crippen LogP contribution in [0.25, 0.3) is 0 Å². The second-order valence-electron chi connectivity index (χ2n) is 4.43. The molecule has 1 heteroatoms. The highest BCUT2D eigenvalue weighted by molar-refractivity contribution is 4.85. The number of rotatable bonds is 3. The van der Waals surface area contributed by atoms with E-state index in [4.69, 9.17) is 0 Å². The van der Waals surface area contributed by atoms with Crippen molar-refractivity contribution in [1.82, 2.24) is 0 Å². The molecule has 0 aromatic heterocycles. The van der Waals surface area contributed by atoms with Crippen molar-refractivity contribution < 1.29 is 5.11 Å². The molecule has 0 spiro atoms. The quantitative estimate of drug-likeness (QED) is 0.688. The van der Waals surface area contributed by atoms with E-state index < -0.39 is 0 Å². The Hall–Kier alpha value is -0.0400. The van der Waals surface area contributed by atoms with Crippen LogP contribution in [0.15, 0.2) is 0 Å². The van der Waals surface area contributed by atoms with Gasteiger partial charge in [-0.15, -0.1) is 0 Å². The Morgan fingerprint density at radius 1 is 1.42 bits per heavy atom. The molecule has 2 atom stereocenters. The number of aliphatic hydroxyl groups excluding tert-OH is 1. The Labute approximate surface area is 76.2 Å². The monoisotopic (exact) mass is 169 g/mol. The van der Waals surface area contributed by atoms with Crippen LogP contribution < -0.4 is 0 Å². The van der Waals surface area contributed by atoms with Crippen LogP contribution in [-0.4, -0.2) is 11.2 Å². The molecule has 0 amide bonds. The molecular formula is C11H21O. The van der Waals surface area contributed by atoms with Gasteiger partial charge in [0.25, 0.3) is 0 Å². The summed E-state index contributed by atoms with van der Waals surface area (Å²) in [6.07, 6.45) is 8.06. The Morgan fingerprint density at radius 2 is 2.17 bits per heavy atom. The van der Waals surface area contributed by atoms with E-state index in [1.54, 1.807) is 0 Å². The molecule has 1 rings (SSSR count). The summed E-state index contributed by atoms with van der Waals surface area (Å²) in [6, 6.07) is 0. The first-order valence-electron chi connectivity index (χ1n) is 5.20. The average Bonchev–Trinajstić information content (AvgIpc) is 2.03. The first-order chi connectivity index (χ1) is 5.68. The predicted molar refractivity (Wildman–Crippen MR) is 51.7 cm³/mol. The van der Waals surface area contributed by atoms with Crippen molar-refractivity contribution in [2.24, 2.45) is 11.8 Å². The fourth-order valence-electron chi connectivity index (χ4n) is 1.80. The van der Waals surface area contributed by atoms with Crippen molar-refractivity contribution in [2.75, 3.05) is 0 Å². The van der Waals surface area contributed by atoms with Gasteiger partial charge in [0.1, 0.15) is 0 Å². The maximum atomic E-state index is 9.27. The lowest BCUT2D eigenvalue weighted by atomic mass is 9.83. The van der Waals surface area contributed by atoms with Crippen molar-refractivity contribution in [1.29, 1.82) is 0 Å². The molecule has 1 fully saturated rings. The minimum Gasteiger partial charge on any atom is -0.393 e. The minimum atomic E-state index is -0.0414. The summed E-state index contributed by atoms with van der Waals surface area (Å²) >= 11 is 0. The first kappa shape index (κ1) is 10.0. The zero-order chi connectivity index (χ0) is 8.97. The molecule has 1 aliphatic rings. The minimum absolute atomic E-state index is 0.0414. The van der Waals surface area contributed by atoms with E-state index in [-0.39, 0.29) is 6.10 Å². The molecule has 71 valence electrons. The fraction of sp³-hybridized carbons (Fsp3) is 0.909. The molecule has 0 saturated heterocycles. The summed E-state index contributed by atoms with van der Waals surface area (Å²) in [5.74, 6) is 1.61. The summed E-state index contributed by atoms with van der Waals surface area (Å²) < 4.78 is 0. The van der Waals surface area contributed by atoms with E-state index in [9.17, 15) is 5.11 Å². The average molecular weight is 169 g/mol. The predicted octanol–water partition coefficient (Wildman–Crippen LogP) is 2.79. The third kappa shape index (κ3) is 3.57. The molecule has 0 heterocycles. The second kappa shape index (κ2) is 4.86. The summed E-state index contributed by atoms with van der Waals surface area (Å²) in [7, 11) is 0. The van der Waals surface area contributed by atoms with E-state index in [1.165, 1.54) is 19.3 Å². The number of hydrogen-bond acceptors (Lipinski definition) is 1. The molecule has 0 bridgehead atoms. The van der Waals surface area contributed by atoms with Crippen LogP contribution in [0.4, 0.5) is 0 Å². The lowest BCUT2D eigenvalue weighted by molar-refractivity contribution is 0.130. The largest absolute Gasteiger partial charge is 0.393 e. The molecule has 1 N–H and O–H groups in total. The van der Waals surface area contributed by atoms with Crippen LogP contribution in [0.5, 0.6) is 0 Å². The molecule has 2 unspecified atom stereocenters. The highest BCUT2D eigenvalue weighted by Gasteiger charge is 2.19. The molecule has 0 aromatic rings. The van der Waals surface area contributed by atoms with Gasteiger partial charge in [-0.05, 0) is 43.9 Å². The second-order valence-corrected chi connectivity index (χ2v) is 4.43. The third-order valence-corrected chi connectivity index (χ3v) is 2.73. The number of hydrogen-bond donors (Lipinski definition) is 1. The van der Waals surface area contributed by atoms with Gasteiger partial charge >= 0.3 is 0 Å². The van der Waals surface area contributed by atoms with Gasteiger partial charge in [0, 0.05) is 0 Å². The zero-order valence-corrected chi connectivity index (χ0v) is 8.29. The maximum Gasteiger partial charge on any atom is 0.0543 e. The van der Waals surface area contributed by atoms with Crippen LogP contribution in [-0.2, 0) is 0 Å². The van der Waals surface area contributed by atoms with E-state index in [0.717, 1.165) is 24.7 Å². The van der Waals surface area contributed by atoms with Crippen LogP contribution >= 0.6 is 0 Å². The van der Waals surface area contributed by atoms with Gasteiger partial charge in [0.2, 0.25) is 0 Å². The maximum absolute atomic E-state index is 9.27. The van der Waals surface area contributed by atoms with Gasteiger partial charge in [0.15, 0.2) is 0 Å². The SMILES string of the molecule is CC(C)CCC1[CH]CC(O)CC1. The molecule has 0 aromatic carbocycles. The van der Waals surface area contributed by atoms with Crippen molar-refractivity contribution >= 4 is 0 Å². The van der Waals surface area contributed by atoms with Crippen molar-refractivity contribution in [3.05, 3.63) is 6.42 Å². The number of aliphatic hydroxyl groups is 1. The highest BCUT2D eigenvalue weighted by atomic mass is 16.3.